The number of hydrazone groups is 1. The zero-order valence-corrected chi connectivity index (χ0v) is 14.9. The minimum Gasteiger partial charge on any atom is -0.747 e. The Balaban J connectivity index is 0.00000220. The second kappa shape index (κ2) is 6.99. The number of carbonyl (C=O) groups is 1. The molecule has 1 aliphatic rings. The van der Waals surface area contributed by atoms with E-state index in [2.05, 4.69) is 5.10 Å². The van der Waals surface area contributed by atoms with Gasteiger partial charge < -0.3 is 4.55 Å². The number of nitrogens with zero attached hydrogens (tertiary/aromatic N) is 3. The van der Waals surface area contributed by atoms with Crippen LogP contribution in [-0.4, -0.2) is 48.5 Å². The van der Waals surface area contributed by atoms with Gasteiger partial charge in [0.05, 0.1) is 17.3 Å². The first-order chi connectivity index (χ1) is 9.29. The van der Waals surface area contributed by atoms with Gasteiger partial charge >= 0.3 is 29.6 Å². The van der Waals surface area contributed by atoms with Crippen LogP contribution in [0.1, 0.15) is 6.92 Å². The summed E-state index contributed by atoms with van der Waals surface area (Å²) in [4.78, 5) is 13.5. The molecule has 1 aliphatic heterocycles. The minimum absolute atomic E-state index is 0. The van der Waals surface area contributed by atoms with E-state index < -0.39 is 22.0 Å². The average Bonchev–Trinajstić information content (AvgIpc) is 2.64. The monoisotopic (exact) mass is 319 g/mol. The van der Waals surface area contributed by atoms with Crippen molar-refractivity contribution in [2.75, 3.05) is 17.9 Å². The van der Waals surface area contributed by atoms with Crippen LogP contribution in [-0.2, 0) is 14.9 Å². The Hall–Kier alpha value is -0.770. The van der Waals surface area contributed by atoms with E-state index in [4.69, 9.17) is 0 Å². The second-order valence-corrected chi connectivity index (χ2v) is 5.95. The summed E-state index contributed by atoms with van der Waals surface area (Å²) >= 11 is 0. The largest absolute Gasteiger partial charge is 1.00 e. The van der Waals surface area contributed by atoms with Crippen molar-refractivity contribution in [3.8, 4) is 0 Å². The van der Waals surface area contributed by atoms with E-state index in [1.54, 1.807) is 31.2 Å². The SMILES string of the molecule is CC1=NN(c2ccccc2)C(=O)C1N(C)CS(=O)(=O)[O-].[Na+]. The van der Waals surface area contributed by atoms with Crippen molar-refractivity contribution in [1.82, 2.24) is 4.90 Å². The third-order valence-electron chi connectivity index (χ3n) is 2.90. The molecule has 0 aliphatic carbocycles. The number of para-hydroxylation sites is 1. The summed E-state index contributed by atoms with van der Waals surface area (Å²) in [5.74, 6) is -1.11. The molecule has 1 aromatic rings. The molecule has 1 aromatic carbocycles. The standard InChI is InChI=1S/C12H15N3O4S.Na/c1-9-11(14(2)8-20(17,18)19)12(16)15(13-9)10-6-4-3-5-7-10;/h3-7,11H,8H2,1-2H3,(H,17,18,19);/q;+1/p-1. The van der Waals surface area contributed by atoms with Gasteiger partial charge in [-0.05, 0) is 26.1 Å². The first-order valence-corrected chi connectivity index (χ1v) is 7.45. The summed E-state index contributed by atoms with van der Waals surface area (Å²) in [6, 6.07) is 7.97. The van der Waals surface area contributed by atoms with Crippen molar-refractivity contribution in [2.24, 2.45) is 5.10 Å². The molecule has 1 amide bonds. The summed E-state index contributed by atoms with van der Waals surface area (Å²) in [5.41, 5.74) is 1.04. The van der Waals surface area contributed by atoms with Gasteiger partial charge in [0.1, 0.15) is 16.2 Å². The molecule has 1 unspecified atom stereocenters. The van der Waals surface area contributed by atoms with E-state index in [0.29, 0.717) is 11.4 Å². The number of hydrogen-bond acceptors (Lipinski definition) is 6. The number of amides is 1. The van der Waals surface area contributed by atoms with Crippen LogP contribution in [0.2, 0.25) is 0 Å². The molecule has 0 bridgehead atoms. The van der Waals surface area contributed by atoms with Crippen LogP contribution in [0.3, 0.4) is 0 Å². The average molecular weight is 319 g/mol. The van der Waals surface area contributed by atoms with Crippen LogP contribution in [0.4, 0.5) is 5.69 Å². The Morgan fingerprint density at radius 1 is 1.33 bits per heavy atom. The van der Waals surface area contributed by atoms with Gasteiger partial charge in [0.25, 0.3) is 5.91 Å². The predicted octanol–water partition coefficient (Wildman–Crippen LogP) is -2.78. The van der Waals surface area contributed by atoms with Crippen molar-refractivity contribution in [1.29, 1.82) is 0 Å². The Morgan fingerprint density at radius 2 is 1.90 bits per heavy atom. The molecule has 0 fully saturated rings. The predicted molar refractivity (Wildman–Crippen MR) is 73.2 cm³/mol. The Labute approximate surface area is 145 Å². The molecule has 0 aromatic heterocycles. The van der Waals surface area contributed by atoms with Crippen LogP contribution in [0, 0.1) is 0 Å². The quantitative estimate of drug-likeness (QED) is 0.442. The summed E-state index contributed by atoms with van der Waals surface area (Å²) in [7, 11) is -3.03. The number of carbonyl (C=O) groups excluding carboxylic acids is 1. The second-order valence-electron chi connectivity index (χ2n) is 4.57. The summed E-state index contributed by atoms with van der Waals surface area (Å²) in [6.07, 6.45) is 0. The van der Waals surface area contributed by atoms with Crippen molar-refractivity contribution in [3.05, 3.63) is 30.3 Å². The van der Waals surface area contributed by atoms with E-state index in [9.17, 15) is 17.8 Å². The molecule has 0 saturated carbocycles. The number of rotatable bonds is 4. The zero-order chi connectivity index (χ0) is 14.9. The molecule has 7 nitrogen and oxygen atoms in total. The molecule has 0 N–H and O–H groups in total. The van der Waals surface area contributed by atoms with Crippen LogP contribution < -0.4 is 34.6 Å². The first-order valence-electron chi connectivity index (χ1n) is 5.87. The zero-order valence-electron chi connectivity index (χ0n) is 12.1. The van der Waals surface area contributed by atoms with E-state index in [-0.39, 0.29) is 35.5 Å². The third kappa shape index (κ3) is 4.35. The first kappa shape index (κ1) is 18.3. The van der Waals surface area contributed by atoms with Crippen molar-refractivity contribution >= 4 is 27.4 Å². The smallest absolute Gasteiger partial charge is 0.747 e. The molecule has 0 spiro atoms. The molecule has 0 saturated heterocycles. The molecule has 21 heavy (non-hydrogen) atoms. The number of anilines is 1. The fourth-order valence-corrected chi connectivity index (χ4v) is 2.79. The molecule has 0 radical (unpaired) electrons. The maximum absolute atomic E-state index is 12.3. The van der Waals surface area contributed by atoms with Gasteiger partial charge in [-0.25, -0.2) is 8.42 Å². The van der Waals surface area contributed by atoms with Gasteiger partial charge in [0, 0.05) is 0 Å². The van der Waals surface area contributed by atoms with Gasteiger partial charge in [-0.3, -0.25) is 9.69 Å². The number of benzene rings is 1. The summed E-state index contributed by atoms with van der Waals surface area (Å²) in [6.45, 7) is 1.62. The van der Waals surface area contributed by atoms with Gasteiger partial charge in [-0.1, -0.05) is 18.2 Å². The minimum atomic E-state index is -4.44. The fraction of sp³-hybridized carbons (Fsp3) is 0.333. The van der Waals surface area contributed by atoms with E-state index >= 15 is 0 Å². The fourth-order valence-electron chi connectivity index (χ4n) is 2.14. The molecular formula is C12H14N3NaO4S. The third-order valence-corrected chi connectivity index (χ3v) is 3.62. The van der Waals surface area contributed by atoms with Crippen molar-refractivity contribution < 1.29 is 47.3 Å². The number of likely N-dealkylation sites (N-methyl/N-ethyl adjacent to an activating group) is 1. The van der Waals surface area contributed by atoms with Crippen molar-refractivity contribution in [3.63, 3.8) is 0 Å². The van der Waals surface area contributed by atoms with Crippen LogP contribution in [0.15, 0.2) is 35.4 Å². The van der Waals surface area contributed by atoms with Gasteiger partial charge in [0.15, 0.2) is 0 Å². The normalized spacial score (nSPS) is 18.7. The maximum Gasteiger partial charge on any atom is 1.00 e. The maximum atomic E-state index is 12.3. The summed E-state index contributed by atoms with van der Waals surface area (Å²) < 4.78 is 32.4. The Morgan fingerprint density at radius 3 is 2.43 bits per heavy atom. The van der Waals surface area contributed by atoms with Gasteiger partial charge in [0.2, 0.25) is 0 Å². The topological polar surface area (TPSA) is 93.1 Å². The van der Waals surface area contributed by atoms with E-state index in [1.807, 2.05) is 6.07 Å². The molecule has 2 rings (SSSR count). The van der Waals surface area contributed by atoms with Gasteiger partial charge in [-0.2, -0.15) is 10.1 Å². The Kier molecular flexibility index (Phi) is 6.09. The van der Waals surface area contributed by atoms with E-state index in [0.717, 1.165) is 0 Å². The molecule has 1 heterocycles. The van der Waals surface area contributed by atoms with Gasteiger partial charge in [-0.15, -0.1) is 0 Å². The molecule has 108 valence electrons. The molecule has 9 heteroatoms. The molecular weight excluding hydrogens is 305 g/mol. The number of hydrogen-bond donors (Lipinski definition) is 0. The summed E-state index contributed by atoms with van der Waals surface area (Å²) in [5, 5.41) is 5.35. The van der Waals surface area contributed by atoms with E-state index in [1.165, 1.54) is 17.0 Å². The molecule has 1 atom stereocenters. The Bertz CT molecular complexity index is 648. The van der Waals surface area contributed by atoms with Crippen LogP contribution in [0.5, 0.6) is 0 Å². The van der Waals surface area contributed by atoms with Crippen LogP contribution >= 0.6 is 0 Å². The van der Waals surface area contributed by atoms with Crippen LogP contribution in [0.25, 0.3) is 0 Å². The van der Waals surface area contributed by atoms with Crippen molar-refractivity contribution in [2.45, 2.75) is 13.0 Å².